The van der Waals surface area contributed by atoms with E-state index in [0.29, 0.717) is 16.9 Å². The molecule has 2 aromatic rings. The summed E-state index contributed by atoms with van der Waals surface area (Å²) in [7, 11) is 1.57. The van der Waals surface area contributed by atoms with Gasteiger partial charge in [0.15, 0.2) is 0 Å². The lowest BCUT2D eigenvalue weighted by Crippen LogP contribution is -2.17. The molecule has 2 rings (SSSR count). The third kappa shape index (κ3) is 4.59. The molecule has 0 saturated carbocycles. The standard InChI is InChI=1S/C20H24N2O3/c1-13-10-15(18(23)17(11-13)20(2,3)4)12-21-22-19(24)14-6-8-16(25-5)9-7-14/h6-12,23H,1-5H3,(H,22,24)/b21-12+. The smallest absolute Gasteiger partial charge is 0.271 e. The minimum absolute atomic E-state index is 0.181. The van der Waals surface area contributed by atoms with Gasteiger partial charge in [-0.2, -0.15) is 5.10 Å². The van der Waals surface area contributed by atoms with Gasteiger partial charge in [0, 0.05) is 16.7 Å². The molecule has 5 heteroatoms. The second-order valence-corrected chi connectivity index (χ2v) is 6.93. The summed E-state index contributed by atoms with van der Waals surface area (Å²) >= 11 is 0. The molecular formula is C20H24N2O3. The molecule has 0 fully saturated rings. The zero-order chi connectivity index (χ0) is 18.6. The van der Waals surface area contributed by atoms with Crippen LogP contribution < -0.4 is 10.2 Å². The fourth-order valence-electron chi connectivity index (χ4n) is 2.44. The highest BCUT2D eigenvalue weighted by molar-refractivity contribution is 5.95. The molecule has 0 aliphatic carbocycles. The van der Waals surface area contributed by atoms with Crippen LogP contribution >= 0.6 is 0 Å². The minimum atomic E-state index is -0.331. The van der Waals surface area contributed by atoms with Gasteiger partial charge in [0.2, 0.25) is 0 Å². The van der Waals surface area contributed by atoms with E-state index in [1.807, 2.05) is 39.8 Å². The molecule has 0 saturated heterocycles. The Morgan fingerprint density at radius 1 is 1.20 bits per heavy atom. The number of carbonyl (C=O) groups excluding carboxylic acids is 1. The predicted octanol–water partition coefficient (Wildman–Crippen LogP) is 3.77. The zero-order valence-corrected chi connectivity index (χ0v) is 15.3. The number of rotatable bonds is 4. The maximum absolute atomic E-state index is 12.1. The maximum Gasteiger partial charge on any atom is 0.271 e. The molecule has 25 heavy (non-hydrogen) atoms. The first-order valence-electron chi connectivity index (χ1n) is 8.04. The van der Waals surface area contributed by atoms with Gasteiger partial charge in [0.05, 0.1) is 13.3 Å². The third-order valence-corrected chi connectivity index (χ3v) is 3.81. The maximum atomic E-state index is 12.1. The average Bonchev–Trinajstić information content (AvgIpc) is 2.56. The van der Waals surface area contributed by atoms with Crippen LogP contribution in [0.25, 0.3) is 0 Å². The Morgan fingerprint density at radius 2 is 1.84 bits per heavy atom. The van der Waals surface area contributed by atoms with Crippen LogP contribution in [0, 0.1) is 6.92 Å². The number of benzene rings is 2. The monoisotopic (exact) mass is 340 g/mol. The van der Waals surface area contributed by atoms with Gasteiger partial charge in [-0.15, -0.1) is 0 Å². The molecule has 5 nitrogen and oxygen atoms in total. The first-order valence-corrected chi connectivity index (χ1v) is 8.04. The molecule has 2 aromatic carbocycles. The Kier molecular flexibility index (Phi) is 5.47. The fraction of sp³-hybridized carbons (Fsp3) is 0.300. The van der Waals surface area contributed by atoms with Crippen molar-refractivity contribution in [2.45, 2.75) is 33.1 Å². The number of aromatic hydroxyl groups is 1. The summed E-state index contributed by atoms with van der Waals surface area (Å²) in [6.07, 6.45) is 1.46. The van der Waals surface area contributed by atoms with Gasteiger partial charge in [0.25, 0.3) is 5.91 Å². The lowest BCUT2D eigenvalue weighted by atomic mass is 9.84. The van der Waals surface area contributed by atoms with Crippen molar-refractivity contribution in [2.75, 3.05) is 7.11 Å². The number of methoxy groups -OCH3 is 1. The molecule has 0 bridgehead atoms. The number of hydrogen-bond acceptors (Lipinski definition) is 4. The largest absolute Gasteiger partial charge is 0.507 e. The van der Waals surface area contributed by atoms with E-state index in [1.165, 1.54) is 6.21 Å². The van der Waals surface area contributed by atoms with E-state index in [9.17, 15) is 9.90 Å². The summed E-state index contributed by atoms with van der Waals surface area (Å²) in [6, 6.07) is 10.5. The molecule has 1 amide bonds. The van der Waals surface area contributed by atoms with Crippen molar-refractivity contribution in [2.24, 2.45) is 5.10 Å². The highest BCUT2D eigenvalue weighted by atomic mass is 16.5. The van der Waals surface area contributed by atoms with Gasteiger partial charge >= 0.3 is 0 Å². The van der Waals surface area contributed by atoms with E-state index < -0.39 is 0 Å². The number of carbonyl (C=O) groups is 1. The summed E-state index contributed by atoms with van der Waals surface area (Å²) in [5, 5.41) is 14.4. The molecule has 0 aliphatic rings. The quantitative estimate of drug-likeness (QED) is 0.657. The highest BCUT2D eigenvalue weighted by Gasteiger charge is 2.20. The number of nitrogens with one attached hydrogen (secondary N) is 1. The van der Waals surface area contributed by atoms with E-state index in [0.717, 1.165) is 11.1 Å². The highest BCUT2D eigenvalue weighted by Crippen LogP contribution is 2.33. The van der Waals surface area contributed by atoms with Gasteiger partial charge in [-0.25, -0.2) is 5.43 Å². The van der Waals surface area contributed by atoms with Crippen LogP contribution in [-0.2, 0) is 5.41 Å². The number of amides is 1. The zero-order valence-electron chi connectivity index (χ0n) is 15.3. The molecule has 0 atom stereocenters. The van der Waals surface area contributed by atoms with Crippen molar-refractivity contribution < 1.29 is 14.6 Å². The van der Waals surface area contributed by atoms with Crippen LogP contribution in [0.2, 0.25) is 0 Å². The number of phenols is 1. The molecular weight excluding hydrogens is 316 g/mol. The average molecular weight is 340 g/mol. The third-order valence-electron chi connectivity index (χ3n) is 3.81. The van der Waals surface area contributed by atoms with Crippen LogP contribution in [0.3, 0.4) is 0 Å². The summed E-state index contributed by atoms with van der Waals surface area (Å²) in [5.74, 6) is 0.530. The second-order valence-electron chi connectivity index (χ2n) is 6.93. The molecule has 132 valence electrons. The van der Waals surface area contributed by atoms with Crippen LogP contribution in [0.5, 0.6) is 11.5 Å². The van der Waals surface area contributed by atoms with Crippen LogP contribution in [-0.4, -0.2) is 24.3 Å². The Balaban J connectivity index is 2.16. The van der Waals surface area contributed by atoms with Crippen molar-refractivity contribution in [3.8, 4) is 11.5 Å². The Labute approximate surface area is 148 Å². The lowest BCUT2D eigenvalue weighted by Gasteiger charge is -2.22. The van der Waals surface area contributed by atoms with E-state index in [4.69, 9.17) is 4.74 Å². The van der Waals surface area contributed by atoms with E-state index in [2.05, 4.69) is 10.5 Å². The summed E-state index contributed by atoms with van der Waals surface area (Å²) in [5.41, 5.74) is 5.18. The first kappa shape index (κ1) is 18.5. The number of aryl methyl sites for hydroxylation is 1. The fourth-order valence-corrected chi connectivity index (χ4v) is 2.44. The molecule has 0 spiro atoms. The van der Waals surface area contributed by atoms with Crippen molar-refractivity contribution in [1.82, 2.24) is 5.43 Å². The topological polar surface area (TPSA) is 70.9 Å². The summed E-state index contributed by atoms with van der Waals surface area (Å²) in [4.78, 5) is 12.1. The lowest BCUT2D eigenvalue weighted by molar-refractivity contribution is 0.0955. The number of ether oxygens (including phenoxy) is 1. The summed E-state index contributed by atoms with van der Waals surface area (Å²) in [6.45, 7) is 8.07. The normalized spacial score (nSPS) is 11.6. The van der Waals surface area contributed by atoms with Crippen molar-refractivity contribution >= 4 is 12.1 Å². The molecule has 0 aromatic heterocycles. The van der Waals surface area contributed by atoms with Crippen molar-refractivity contribution in [1.29, 1.82) is 0 Å². The molecule has 0 radical (unpaired) electrons. The predicted molar refractivity (Wildman–Crippen MR) is 99.6 cm³/mol. The van der Waals surface area contributed by atoms with Gasteiger partial charge in [-0.3, -0.25) is 4.79 Å². The Bertz CT molecular complexity index is 788. The SMILES string of the molecule is COc1ccc(C(=O)N/N=C/c2cc(C)cc(C(C)(C)C)c2O)cc1. The van der Waals surface area contributed by atoms with Crippen LogP contribution in [0.1, 0.15) is 47.8 Å². The second kappa shape index (κ2) is 7.38. The van der Waals surface area contributed by atoms with E-state index >= 15 is 0 Å². The van der Waals surface area contributed by atoms with Gasteiger partial charge in [-0.1, -0.05) is 26.8 Å². The first-order chi connectivity index (χ1) is 11.7. The Morgan fingerprint density at radius 3 is 2.40 bits per heavy atom. The van der Waals surface area contributed by atoms with Gasteiger partial charge in [-0.05, 0) is 48.2 Å². The number of hydrazone groups is 1. The van der Waals surface area contributed by atoms with E-state index in [-0.39, 0.29) is 17.1 Å². The van der Waals surface area contributed by atoms with E-state index in [1.54, 1.807) is 31.4 Å². The number of hydrogen-bond donors (Lipinski definition) is 2. The number of phenolic OH excluding ortho intramolecular Hbond substituents is 1. The molecule has 0 heterocycles. The summed E-state index contributed by atoms with van der Waals surface area (Å²) < 4.78 is 5.06. The number of nitrogens with zero attached hydrogens (tertiary/aromatic N) is 1. The van der Waals surface area contributed by atoms with Gasteiger partial charge in [0.1, 0.15) is 11.5 Å². The van der Waals surface area contributed by atoms with Crippen LogP contribution in [0.4, 0.5) is 0 Å². The van der Waals surface area contributed by atoms with Crippen LogP contribution in [0.15, 0.2) is 41.5 Å². The van der Waals surface area contributed by atoms with Crippen molar-refractivity contribution in [3.05, 3.63) is 58.7 Å². The van der Waals surface area contributed by atoms with Gasteiger partial charge < -0.3 is 9.84 Å². The molecule has 0 unspecified atom stereocenters. The molecule has 2 N–H and O–H groups in total. The minimum Gasteiger partial charge on any atom is -0.507 e. The Hall–Kier alpha value is -2.82. The molecule has 0 aliphatic heterocycles. The van der Waals surface area contributed by atoms with Crippen molar-refractivity contribution in [3.63, 3.8) is 0 Å².